The molecular weight excluding hydrogens is 224 g/mol. The lowest BCUT2D eigenvalue weighted by Gasteiger charge is -2.03. The van der Waals surface area contributed by atoms with Crippen LogP contribution in [0.25, 0.3) is 0 Å². The Bertz CT molecular complexity index is 515. The molecule has 18 heavy (non-hydrogen) atoms. The largest absolute Gasteiger partial charge is 0.461 e. The molecule has 0 atom stereocenters. The van der Waals surface area contributed by atoms with Crippen molar-refractivity contribution in [1.29, 1.82) is 0 Å². The first-order valence-corrected chi connectivity index (χ1v) is 6.17. The third-order valence-corrected chi connectivity index (χ3v) is 2.91. The highest BCUT2D eigenvalue weighted by Gasteiger charge is 2.13. The van der Waals surface area contributed by atoms with Crippen molar-refractivity contribution >= 4 is 5.97 Å². The molecule has 0 saturated heterocycles. The number of rotatable bonds is 2. The molecular formula is C16H16O2. The zero-order valence-corrected chi connectivity index (χ0v) is 10.5. The molecule has 2 nitrogen and oxygen atoms in total. The summed E-state index contributed by atoms with van der Waals surface area (Å²) in [6.45, 7) is 1.83. The number of esters is 1. The Morgan fingerprint density at radius 3 is 2.72 bits per heavy atom. The molecule has 0 radical (unpaired) electrons. The van der Waals surface area contributed by atoms with E-state index in [4.69, 9.17) is 4.74 Å². The zero-order chi connectivity index (χ0) is 12.8. The number of carbonyl (C=O) groups excluding carboxylic acids is 1. The highest BCUT2D eigenvalue weighted by molar-refractivity contribution is 5.66. The van der Waals surface area contributed by atoms with Gasteiger partial charge in [0.25, 0.3) is 0 Å². The Balaban J connectivity index is 2.09. The van der Waals surface area contributed by atoms with Crippen LogP contribution in [0.4, 0.5) is 0 Å². The van der Waals surface area contributed by atoms with Gasteiger partial charge >= 0.3 is 5.97 Å². The maximum absolute atomic E-state index is 10.8. The fraction of sp³-hybridized carbons (Fsp3) is 0.312. The van der Waals surface area contributed by atoms with E-state index in [2.05, 4.69) is 11.8 Å². The summed E-state index contributed by atoms with van der Waals surface area (Å²) in [6, 6.07) is 9.92. The third kappa shape index (κ3) is 3.49. The van der Waals surface area contributed by atoms with Crippen LogP contribution in [0.15, 0.2) is 41.5 Å². The van der Waals surface area contributed by atoms with Crippen LogP contribution >= 0.6 is 0 Å². The Hall–Kier alpha value is -2.01. The normalized spacial score (nSPS) is 14.1. The van der Waals surface area contributed by atoms with Gasteiger partial charge in [0.2, 0.25) is 0 Å². The minimum atomic E-state index is -0.232. The predicted octanol–water partition coefficient (Wildman–Crippen LogP) is 3.08. The van der Waals surface area contributed by atoms with Crippen molar-refractivity contribution in [3.8, 4) is 11.8 Å². The first-order valence-electron chi connectivity index (χ1n) is 6.17. The van der Waals surface area contributed by atoms with E-state index in [-0.39, 0.29) is 5.97 Å². The SMILES string of the molecule is CC(=O)OCC1=C(C#Cc2ccccc2)CCC1. The summed E-state index contributed by atoms with van der Waals surface area (Å²) >= 11 is 0. The van der Waals surface area contributed by atoms with E-state index in [9.17, 15) is 4.79 Å². The highest BCUT2D eigenvalue weighted by atomic mass is 16.5. The maximum atomic E-state index is 10.8. The number of hydrogen-bond acceptors (Lipinski definition) is 2. The van der Waals surface area contributed by atoms with E-state index >= 15 is 0 Å². The highest BCUT2D eigenvalue weighted by Crippen LogP contribution is 2.25. The van der Waals surface area contributed by atoms with E-state index in [0.717, 1.165) is 30.4 Å². The predicted molar refractivity (Wildman–Crippen MR) is 70.8 cm³/mol. The second-order valence-electron chi connectivity index (χ2n) is 4.33. The van der Waals surface area contributed by atoms with Gasteiger partial charge in [-0.05, 0) is 37.0 Å². The average molecular weight is 240 g/mol. The summed E-state index contributed by atoms with van der Waals surface area (Å²) in [7, 11) is 0. The van der Waals surface area contributed by atoms with Crippen molar-refractivity contribution in [3.63, 3.8) is 0 Å². The Morgan fingerprint density at radius 1 is 1.22 bits per heavy atom. The molecule has 0 spiro atoms. The molecule has 2 heteroatoms. The van der Waals surface area contributed by atoms with Crippen molar-refractivity contribution in [2.45, 2.75) is 26.2 Å². The van der Waals surface area contributed by atoms with Crippen LogP contribution in [0, 0.1) is 11.8 Å². The second-order valence-corrected chi connectivity index (χ2v) is 4.33. The molecule has 0 heterocycles. The minimum Gasteiger partial charge on any atom is -0.461 e. The Kier molecular flexibility index (Phi) is 4.20. The standard InChI is InChI=1S/C16H16O2/c1-13(17)18-12-16-9-5-8-15(16)11-10-14-6-3-2-4-7-14/h2-4,6-7H,5,8-9,12H2,1H3. The monoisotopic (exact) mass is 240 g/mol. The third-order valence-electron chi connectivity index (χ3n) is 2.91. The average Bonchev–Trinajstić information content (AvgIpc) is 2.82. The molecule has 0 saturated carbocycles. The zero-order valence-electron chi connectivity index (χ0n) is 10.5. The van der Waals surface area contributed by atoms with E-state index in [0.29, 0.717) is 6.61 Å². The van der Waals surface area contributed by atoms with E-state index in [1.807, 2.05) is 30.3 Å². The Morgan fingerprint density at radius 2 is 2.00 bits per heavy atom. The molecule has 1 aromatic rings. The molecule has 1 aromatic carbocycles. The summed E-state index contributed by atoms with van der Waals surface area (Å²) in [5.41, 5.74) is 3.33. The number of allylic oxidation sites excluding steroid dienone is 1. The first kappa shape index (κ1) is 12.4. The fourth-order valence-electron chi connectivity index (χ4n) is 1.97. The molecule has 0 bridgehead atoms. The number of hydrogen-bond donors (Lipinski definition) is 0. The summed E-state index contributed by atoms with van der Waals surface area (Å²) in [5, 5.41) is 0. The molecule has 92 valence electrons. The quantitative estimate of drug-likeness (QED) is 0.586. The lowest BCUT2D eigenvalue weighted by molar-refractivity contribution is -0.140. The maximum Gasteiger partial charge on any atom is 0.302 e. The smallest absolute Gasteiger partial charge is 0.302 e. The molecule has 1 aliphatic rings. The molecule has 0 aromatic heterocycles. The summed E-state index contributed by atoms with van der Waals surface area (Å²) in [4.78, 5) is 10.8. The van der Waals surface area contributed by atoms with Crippen LogP contribution in [-0.4, -0.2) is 12.6 Å². The van der Waals surface area contributed by atoms with Crippen LogP contribution in [-0.2, 0) is 9.53 Å². The molecule has 0 aliphatic heterocycles. The molecule has 0 unspecified atom stereocenters. The first-order chi connectivity index (χ1) is 8.75. The summed E-state index contributed by atoms with van der Waals surface area (Å²) in [5.74, 6) is 6.13. The fourth-order valence-corrected chi connectivity index (χ4v) is 1.97. The van der Waals surface area contributed by atoms with Gasteiger partial charge in [-0.2, -0.15) is 0 Å². The van der Waals surface area contributed by atoms with Gasteiger partial charge in [-0.3, -0.25) is 4.79 Å². The molecule has 1 aliphatic carbocycles. The van der Waals surface area contributed by atoms with Gasteiger partial charge in [-0.25, -0.2) is 0 Å². The van der Waals surface area contributed by atoms with Crippen molar-refractivity contribution in [2.75, 3.05) is 6.61 Å². The van der Waals surface area contributed by atoms with Crippen molar-refractivity contribution in [3.05, 3.63) is 47.0 Å². The van der Waals surface area contributed by atoms with E-state index < -0.39 is 0 Å². The van der Waals surface area contributed by atoms with Gasteiger partial charge in [0, 0.05) is 18.1 Å². The van der Waals surface area contributed by atoms with Crippen LogP contribution in [0.3, 0.4) is 0 Å². The van der Waals surface area contributed by atoms with Gasteiger partial charge < -0.3 is 4.74 Å². The molecule has 0 N–H and O–H groups in total. The van der Waals surface area contributed by atoms with Gasteiger partial charge in [0.15, 0.2) is 0 Å². The number of benzene rings is 1. The topological polar surface area (TPSA) is 26.3 Å². The Labute approximate surface area is 108 Å². The molecule has 0 amide bonds. The van der Waals surface area contributed by atoms with Gasteiger partial charge in [-0.1, -0.05) is 30.0 Å². The van der Waals surface area contributed by atoms with Crippen LogP contribution < -0.4 is 0 Å². The van der Waals surface area contributed by atoms with Crippen LogP contribution in [0.1, 0.15) is 31.7 Å². The van der Waals surface area contributed by atoms with E-state index in [1.54, 1.807) is 0 Å². The molecule has 2 rings (SSSR count). The van der Waals surface area contributed by atoms with Crippen LogP contribution in [0.5, 0.6) is 0 Å². The van der Waals surface area contributed by atoms with Crippen molar-refractivity contribution in [1.82, 2.24) is 0 Å². The van der Waals surface area contributed by atoms with Gasteiger partial charge in [0.1, 0.15) is 6.61 Å². The van der Waals surface area contributed by atoms with Crippen LogP contribution in [0.2, 0.25) is 0 Å². The summed E-state index contributed by atoms with van der Waals surface area (Å²) in [6.07, 6.45) is 3.10. The van der Waals surface area contributed by atoms with E-state index in [1.165, 1.54) is 12.5 Å². The number of ether oxygens (including phenoxy) is 1. The van der Waals surface area contributed by atoms with Crippen molar-refractivity contribution < 1.29 is 9.53 Å². The minimum absolute atomic E-state index is 0.232. The molecule has 0 fully saturated rings. The summed E-state index contributed by atoms with van der Waals surface area (Å²) < 4.78 is 5.04. The van der Waals surface area contributed by atoms with Crippen molar-refractivity contribution in [2.24, 2.45) is 0 Å². The van der Waals surface area contributed by atoms with Gasteiger partial charge in [0.05, 0.1) is 0 Å². The second kappa shape index (κ2) is 6.07. The lowest BCUT2D eigenvalue weighted by Crippen LogP contribution is -2.02. The van der Waals surface area contributed by atoms with Gasteiger partial charge in [-0.15, -0.1) is 0 Å². The number of carbonyl (C=O) groups is 1. The lowest BCUT2D eigenvalue weighted by atomic mass is 10.1.